The summed E-state index contributed by atoms with van der Waals surface area (Å²) < 4.78 is 5.23. The summed E-state index contributed by atoms with van der Waals surface area (Å²) in [5.74, 6) is -0.0376. The molecule has 0 bridgehead atoms. The van der Waals surface area contributed by atoms with Crippen molar-refractivity contribution in [2.24, 2.45) is 5.92 Å². The van der Waals surface area contributed by atoms with Crippen molar-refractivity contribution in [3.05, 3.63) is 0 Å². The highest BCUT2D eigenvalue weighted by molar-refractivity contribution is 5.95. The molecule has 0 radical (unpaired) electrons. The molecule has 0 aromatic carbocycles. The number of nitrogens with zero attached hydrogens (tertiary/aromatic N) is 1. The maximum absolute atomic E-state index is 12.1. The van der Waals surface area contributed by atoms with Crippen molar-refractivity contribution < 1.29 is 14.3 Å². The number of imide groups is 1. The second kappa shape index (κ2) is 6.21. The molecule has 1 unspecified atom stereocenters. The third-order valence-electron chi connectivity index (χ3n) is 3.09. The molecule has 0 spiro atoms. The van der Waals surface area contributed by atoms with E-state index in [1.54, 1.807) is 0 Å². The molecule has 2 amide bonds. The number of ether oxygens (including phenoxy) is 1. The minimum absolute atomic E-state index is 0.0177. The summed E-state index contributed by atoms with van der Waals surface area (Å²) in [4.78, 5) is 25.1. The predicted octanol–water partition coefficient (Wildman–Crippen LogP) is 3.35. The molecule has 104 valence electrons. The SMILES string of the molecule is CCCCCC1CCN(C(=O)OC(C)(C)C)C1=O. The van der Waals surface area contributed by atoms with E-state index in [9.17, 15) is 9.59 Å². The topological polar surface area (TPSA) is 46.6 Å². The minimum atomic E-state index is -0.544. The third kappa shape index (κ3) is 4.31. The largest absolute Gasteiger partial charge is 0.443 e. The van der Waals surface area contributed by atoms with Gasteiger partial charge in [-0.3, -0.25) is 4.79 Å². The van der Waals surface area contributed by atoms with Gasteiger partial charge in [-0.15, -0.1) is 0 Å². The Kier molecular flexibility index (Phi) is 5.17. The summed E-state index contributed by atoms with van der Waals surface area (Å²) in [5.41, 5.74) is -0.544. The van der Waals surface area contributed by atoms with Crippen LogP contribution in [0, 0.1) is 5.92 Å². The number of hydrogen-bond donors (Lipinski definition) is 0. The number of hydrogen-bond acceptors (Lipinski definition) is 3. The Labute approximate surface area is 110 Å². The number of carbonyl (C=O) groups excluding carboxylic acids is 2. The van der Waals surface area contributed by atoms with Crippen LogP contribution < -0.4 is 0 Å². The lowest BCUT2D eigenvalue weighted by atomic mass is 10.0. The van der Waals surface area contributed by atoms with Crippen LogP contribution in [0.2, 0.25) is 0 Å². The van der Waals surface area contributed by atoms with E-state index in [2.05, 4.69) is 6.92 Å². The summed E-state index contributed by atoms with van der Waals surface area (Å²) >= 11 is 0. The number of rotatable bonds is 4. The fourth-order valence-electron chi connectivity index (χ4n) is 2.15. The van der Waals surface area contributed by atoms with Crippen molar-refractivity contribution in [1.29, 1.82) is 0 Å². The van der Waals surface area contributed by atoms with Crippen molar-refractivity contribution >= 4 is 12.0 Å². The van der Waals surface area contributed by atoms with Gasteiger partial charge in [0, 0.05) is 12.5 Å². The first-order valence-electron chi connectivity index (χ1n) is 6.89. The zero-order valence-corrected chi connectivity index (χ0v) is 12.0. The lowest BCUT2D eigenvalue weighted by molar-refractivity contribution is -0.130. The molecule has 18 heavy (non-hydrogen) atoms. The average Bonchev–Trinajstić information content (AvgIpc) is 2.58. The molecule has 0 N–H and O–H groups in total. The van der Waals surface area contributed by atoms with Gasteiger partial charge >= 0.3 is 6.09 Å². The van der Waals surface area contributed by atoms with Crippen molar-refractivity contribution in [3.63, 3.8) is 0 Å². The van der Waals surface area contributed by atoms with Crippen LogP contribution in [0.3, 0.4) is 0 Å². The summed E-state index contributed by atoms with van der Waals surface area (Å²) in [7, 11) is 0. The van der Waals surface area contributed by atoms with Crippen molar-refractivity contribution in [1.82, 2.24) is 4.90 Å². The summed E-state index contributed by atoms with van der Waals surface area (Å²) in [6.45, 7) is 8.08. The van der Waals surface area contributed by atoms with E-state index >= 15 is 0 Å². The quantitative estimate of drug-likeness (QED) is 0.724. The van der Waals surface area contributed by atoms with E-state index in [0.717, 1.165) is 32.1 Å². The van der Waals surface area contributed by atoms with Crippen molar-refractivity contribution in [3.8, 4) is 0 Å². The molecule has 1 heterocycles. The van der Waals surface area contributed by atoms with E-state index in [1.807, 2.05) is 20.8 Å². The average molecular weight is 255 g/mol. The predicted molar refractivity (Wildman–Crippen MR) is 70.2 cm³/mol. The van der Waals surface area contributed by atoms with Gasteiger partial charge in [0.1, 0.15) is 5.60 Å². The molecule has 0 saturated carbocycles. The summed E-state index contributed by atoms with van der Waals surface area (Å²) in [6.07, 6.45) is 4.54. The van der Waals surface area contributed by atoms with Crippen molar-refractivity contribution in [2.45, 2.75) is 65.4 Å². The lowest BCUT2D eigenvalue weighted by Gasteiger charge is -2.23. The van der Waals surface area contributed by atoms with Crippen LogP contribution in [0.25, 0.3) is 0 Å². The van der Waals surface area contributed by atoms with E-state index in [0.29, 0.717) is 6.54 Å². The highest BCUT2D eigenvalue weighted by Crippen LogP contribution is 2.25. The second-order valence-electron chi connectivity index (χ2n) is 5.95. The first kappa shape index (κ1) is 15.0. The smallest absolute Gasteiger partial charge is 0.417 e. The van der Waals surface area contributed by atoms with Crippen LogP contribution >= 0.6 is 0 Å². The minimum Gasteiger partial charge on any atom is -0.443 e. The van der Waals surface area contributed by atoms with Gasteiger partial charge in [-0.05, 0) is 33.6 Å². The van der Waals surface area contributed by atoms with Crippen LogP contribution in [-0.2, 0) is 9.53 Å². The highest BCUT2D eigenvalue weighted by atomic mass is 16.6. The fraction of sp³-hybridized carbons (Fsp3) is 0.857. The van der Waals surface area contributed by atoms with E-state index in [1.165, 1.54) is 4.90 Å². The van der Waals surface area contributed by atoms with Gasteiger partial charge in [0.15, 0.2) is 0 Å². The molecule has 1 aliphatic heterocycles. The Morgan fingerprint density at radius 1 is 1.39 bits per heavy atom. The molecule has 1 aliphatic rings. The summed E-state index contributed by atoms with van der Waals surface area (Å²) in [5, 5.41) is 0. The standard InChI is InChI=1S/C14H25NO3/c1-5-6-7-8-11-9-10-15(12(11)16)13(17)18-14(2,3)4/h11H,5-10H2,1-4H3. The molecule has 1 rings (SSSR count). The Bertz CT molecular complexity index is 307. The van der Waals surface area contributed by atoms with Crippen LogP contribution in [0.4, 0.5) is 4.79 Å². The van der Waals surface area contributed by atoms with Gasteiger partial charge in [0.05, 0.1) is 0 Å². The van der Waals surface area contributed by atoms with Crippen LogP contribution in [0.1, 0.15) is 59.8 Å². The molecule has 0 aliphatic carbocycles. The van der Waals surface area contributed by atoms with Gasteiger partial charge in [-0.1, -0.05) is 26.2 Å². The Morgan fingerprint density at radius 3 is 2.61 bits per heavy atom. The van der Waals surface area contributed by atoms with E-state index in [4.69, 9.17) is 4.74 Å². The maximum atomic E-state index is 12.1. The Hall–Kier alpha value is -1.06. The first-order valence-corrected chi connectivity index (χ1v) is 6.89. The number of unbranched alkanes of at least 4 members (excludes halogenated alkanes) is 2. The van der Waals surface area contributed by atoms with Gasteiger partial charge in [-0.25, -0.2) is 9.69 Å². The molecule has 4 heteroatoms. The normalized spacial score (nSPS) is 20.3. The maximum Gasteiger partial charge on any atom is 0.417 e. The second-order valence-corrected chi connectivity index (χ2v) is 5.95. The van der Waals surface area contributed by atoms with Crippen LogP contribution in [-0.4, -0.2) is 29.0 Å². The van der Waals surface area contributed by atoms with Crippen molar-refractivity contribution in [2.75, 3.05) is 6.54 Å². The van der Waals surface area contributed by atoms with Crippen LogP contribution in [0.15, 0.2) is 0 Å². The van der Waals surface area contributed by atoms with E-state index < -0.39 is 11.7 Å². The van der Waals surface area contributed by atoms with Crippen LogP contribution in [0.5, 0.6) is 0 Å². The zero-order valence-electron chi connectivity index (χ0n) is 12.0. The van der Waals surface area contributed by atoms with Gasteiger partial charge in [-0.2, -0.15) is 0 Å². The monoisotopic (exact) mass is 255 g/mol. The first-order chi connectivity index (χ1) is 8.35. The highest BCUT2D eigenvalue weighted by Gasteiger charge is 2.37. The number of likely N-dealkylation sites (tertiary alicyclic amines) is 1. The molecule has 0 aromatic heterocycles. The molecule has 1 fully saturated rings. The van der Waals surface area contributed by atoms with Gasteiger partial charge in [0.25, 0.3) is 0 Å². The Morgan fingerprint density at radius 2 is 2.06 bits per heavy atom. The van der Waals surface area contributed by atoms with Gasteiger partial charge < -0.3 is 4.74 Å². The molecule has 1 saturated heterocycles. The van der Waals surface area contributed by atoms with Gasteiger partial charge in [0.2, 0.25) is 5.91 Å². The summed E-state index contributed by atoms with van der Waals surface area (Å²) in [6, 6.07) is 0. The third-order valence-corrected chi connectivity index (χ3v) is 3.09. The Balaban J connectivity index is 2.46. The molecule has 1 atom stereocenters. The fourth-order valence-corrected chi connectivity index (χ4v) is 2.15. The van der Waals surface area contributed by atoms with E-state index in [-0.39, 0.29) is 11.8 Å². The molecule has 4 nitrogen and oxygen atoms in total. The number of carbonyl (C=O) groups is 2. The molecular weight excluding hydrogens is 230 g/mol. The molecular formula is C14H25NO3. The lowest BCUT2D eigenvalue weighted by Crippen LogP contribution is -2.38. The zero-order chi connectivity index (χ0) is 13.8. The number of amides is 2. The molecule has 0 aromatic rings.